The predicted molar refractivity (Wildman–Crippen MR) is 99.3 cm³/mol. The van der Waals surface area contributed by atoms with Crippen LogP contribution in [0.5, 0.6) is 0 Å². The quantitative estimate of drug-likeness (QED) is 0.524. The zero-order valence-electron chi connectivity index (χ0n) is 13.3. The molecule has 4 aromatic rings. The highest BCUT2D eigenvalue weighted by Gasteiger charge is 2.18. The van der Waals surface area contributed by atoms with Gasteiger partial charge in [-0.05, 0) is 29.2 Å². The number of hydrogen-bond donors (Lipinski definition) is 0. The fraction of sp³-hybridized carbons (Fsp3) is 0.235. The number of hydrogen-bond acceptors (Lipinski definition) is 5. The second-order valence-electron chi connectivity index (χ2n) is 5.68. The van der Waals surface area contributed by atoms with Crippen LogP contribution in [0.1, 0.15) is 18.4 Å². The Morgan fingerprint density at radius 3 is 2.75 bits per heavy atom. The van der Waals surface area contributed by atoms with Crippen LogP contribution in [0.15, 0.2) is 51.7 Å². The van der Waals surface area contributed by atoms with E-state index in [2.05, 4.69) is 29.3 Å². The molecule has 4 rings (SSSR count). The van der Waals surface area contributed by atoms with Crippen molar-refractivity contribution in [3.8, 4) is 0 Å². The van der Waals surface area contributed by atoms with E-state index in [9.17, 15) is 4.79 Å². The van der Waals surface area contributed by atoms with Gasteiger partial charge >= 0.3 is 0 Å². The number of thioether (sulfide) groups is 1. The summed E-state index contributed by atoms with van der Waals surface area (Å²) < 4.78 is 4.48. The molecule has 0 aliphatic heterocycles. The van der Waals surface area contributed by atoms with Gasteiger partial charge in [0, 0.05) is 6.54 Å². The first kappa shape index (κ1) is 15.4. The summed E-state index contributed by atoms with van der Waals surface area (Å²) in [7, 11) is 0. The van der Waals surface area contributed by atoms with Crippen molar-refractivity contribution in [1.29, 1.82) is 0 Å². The normalized spacial score (nSPS) is 12.9. The van der Waals surface area contributed by atoms with Crippen molar-refractivity contribution in [2.75, 3.05) is 6.26 Å². The molecule has 0 radical (unpaired) electrons. The van der Waals surface area contributed by atoms with Gasteiger partial charge in [0.15, 0.2) is 5.16 Å². The van der Waals surface area contributed by atoms with Crippen LogP contribution in [-0.2, 0) is 6.54 Å². The number of thiophene rings is 1. The van der Waals surface area contributed by atoms with Crippen LogP contribution in [0.3, 0.4) is 0 Å². The minimum atomic E-state index is 0.00957. The van der Waals surface area contributed by atoms with E-state index < -0.39 is 0 Å². The van der Waals surface area contributed by atoms with E-state index in [1.807, 2.05) is 40.3 Å². The molecule has 0 unspecified atom stereocenters. The molecule has 0 spiro atoms. The van der Waals surface area contributed by atoms with E-state index in [4.69, 9.17) is 0 Å². The lowest BCUT2D eigenvalue weighted by Gasteiger charge is -2.15. The third-order valence-corrected chi connectivity index (χ3v) is 5.71. The molecular formula is C17H16N4OS2. The number of nitrogens with zero attached hydrogens (tertiary/aromatic N) is 4. The third-order valence-electron chi connectivity index (χ3n) is 4.19. The van der Waals surface area contributed by atoms with E-state index in [-0.39, 0.29) is 11.5 Å². The molecular weight excluding hydrogens is 340 g/mol. The molecule has 3 heterocycles. The average Bonchev–Trinajstić information content (AvgIpc) is 3.25. The summed E-state index contributed by atoms with van der Waals surface area (Å²) in [6, 6.07) is 12.2. The predicted octanol–water partition coefficient (Wildman–Crippen LogP) is 3.63. The molecule has 24 heavy (non-hydrogen) atoms. The van der Waals surface area contributed by atoms with Crippen molar-refractivity contribution in [1.82, 2.24) is 19.2 Å². The van der Waals surface area contributed by atoms with Crippen molar-refractivity contribution >= 4 is 39.1 Å². The Bertz CT molecular complexity index is 1060. The van der Waals surface area contributed by atoms with Crippen molar-refractivity contribution < 1.29 is 0 Å². The fourth-order valence-electron chi connectivity index (χ4n) is 2.96. The lowest BCUT2D eigenvalue weighted by Crippen LogP contribution is -2.24. The van der Waals surface area contributed by atoms with Crippen LogP contribution < -0.4 is 5.56 Å². The van der Waals surface area contributed by atoms with Crippen LogP contribution >= 0.6 is 23.1 Å². The van der Waals surface area contributed by atoms with Gasteiger partial charge in [-0.3, -0.25) is 13.8 Å². The van der Waals surface area contributed by atoms with Gasteiger partial charge < -0.3 is 0 Å². The van der Waals surface area contributed by atoms with E-state index in [1.54, 1.807) is 4.57 Å². The van der Waals surface area contributed by atoms with E-state index in [1.165, 1.54) is 28.7 Å². The Labute approximate surface area is 147 Å². The molecule has 0 amide bonds. The summed E-state index contributed by atoms with van der Waals surface area (Å²) in [4.78, 5) is 13.0. The highest BCUT2D eigenvalue weighted by atomic mass is 32.2. The lowest BCUT2D eigenvalue weighted by molar-refractivity contribution is 0.588. The van der Waals surface area contributed by atoms with E-state index in [0.717, 1.165) is 15.4 Å². The number of rotatable bonds is 4. The highest BCUT2D eigenvalue weighted by molar-refractivity contribution is 7.98. The van der Waals surface area contributed by atoms with Gasteiger partial charge in [-0.2, -0.15) is 0 Å². The molecule has 5 nitrogen and oxygen atoms in total. The van der Waals surface area contributed by atoms with Crippen LogP contribution in [0, 0.1) is 0 Å². The topological polar surface area (TPSA) is 52.2 Å². The first-order valence-electron chi connectivity index (χ1n) is 7.64. The molecule has 1 aromatic carbocycles. The largest absolute Gasteiger partial charge is 0.275 e. The Kier molecular flexibility index (Phi) is 3.90. The molecule has 0 N–H and O–H groups in total. The third kappa shape index (κ3) is 2.35. The SMILES string of the molecule is CSc1nnc2n(C[C@@H](C)c3ccccc3)c(=O)c3sccc3n12. The standard InChI is InChI=1S/C17H16N4OS2/c1-11(12-6-4-3-5-7-12)10-20-15(22)14-13(8-9-24-14)21-16(20)18-19-17(21)23-2/h3-9,11H,10H2,1-2H3/t11-/m1/s1. The second kappa shape index (κ2) is 6.07. The zero-order chi connectivity index (χ0) is 16.7. The van der Waals surface area contributed by atoms with Crippen LogP contribution in [0.25, 0.3) is 16.0 Å². The minimum absolute atomic E-state index is 0.00957. The van der Waals surface area contributed by atoms with Gasteiger partial charge in [0.2, 0.25) is 5.78 Å². The maximum absolute atomic E-state index is 13.0. The van der Waals surface area contributed by atoms with Gasteiger partial charge in [-0.1, -0.05) is 49.0 Å². The Hall–Kier alpha value is -2.12. The summed E-state index contributed by atoms with van der Waals surface area (Å²) >= 11 is 3.00. The molecule has 3 aromatic heterocycles. The molecule has 0 saturated carbocycles. The van der Waals surface area contributed by atoms with Crippen molar-refractivity contribution in [3.63, 3.8) is 0 Å². The van der Waals surface area contributed by atoms with Crippen molar-refractivity contribution in [2.45, 2.75) is 24.5 Å². The van der Waals surface area contributed by atoms with Crippen molar-refractivity contribution in [3.05, 3.63) is 57.7 Å². The molecule has 0 bridgehead atoms. The maximum atomic E-state index is 13.0. The zero-order valence-corrected chi connectivity index (χ0v) is 15.0. The monoisotopic (exact) mass is 356 g/mol. The number of benzene rings is 1. The smallest absolute Gasteiger partial charge is 0.272 e. The average molecular weight is 356 g/mol. The summed E-state index contributed by atoms with van der Waals surface area (Å²) in [6.07, 6.45) is 1.97. The Morgan fingerprint density at radius 1 is 1.21 bits per heavy atom. The number of fused-ring (bicyclic) bond motifs is 3. The summed E-state index contributed by atoms with van der Waals surface area (Å²) in [5.41, 5.74) is 2.10. The Balaban J connectivity index is 1.92. The molecule has 0 fully saturated rings. The van der Waals surface area contributed by atoms with Crippen LogP contribution in [-0.4, -0.2) is 25.4 Å². The summed E-state index contributed by atoms with van der Waals surface area (Å²) in [6.45, 7) is 2.70. The van der Waals surface area contributed by atoms with Gasteiger partial charge in [0.05, 0.1) is 5.52 Å². The van der Waals surface area contributed by atoms with Gasteiger partial charge in [0.25, 0.3) is 5.56 Å². The Morgan fingerprint density at radius 2 is 2.00 bits per heavy atom. The minimum Gasteiger partial charge on any atom is -0.275 e. The van der Waals surface area contributed by atoms with Gasteiger partial charge in [-0.25, -0.2) is 0 Å². The molecule has 0 aliphatic carbocycles. The van der Waals surface area contributed by atoms with E-state index in [0.29, 0.717) is 12.3 Å². The van der Waals surface area contributed by atoms with Gasteiger partial charge in [0.1, 0.15) is 4.70 Å². The summed E-state index contributed by atoms with van der Waals surface area (Å²) in [5, 5.41) is 11.3. The van der Waals surface area contributed by atoms with Crippen LogP contribution in [0.4, 0.5) is 0 Å². The van der Waals surface area contributed by atoms with Crippen molar-refractivity contribution in [2.24, 2.45) is 0 Å². The maximum Gasteiger partial charge on any atom is 0.272 e. The highest BCUT2D eigenvalue weighted by Crippen LogP contribution is 2.24. The van der Waals surface area contributed by atoms with Crippen LogP contribution in [0.2, 0.25) is 0 Å². The molecule has 122 valence electrons. The molecule has 0 saturated heterocycles. The van der Waals surface area contributed by atoms with E-state index >= 15 is 0 Å². The van der Waals surface area contributed by atoms with Gasteiger partial charge in [-0.15, -0.1) is 21.5 Å². The molecule has 1 atom stereocenters. The fourth-order valence-corrected chi connectivity index (χ4v) is 4.27. The lowest BCUT2D eigenvalue weighted by atomic mass is 10.0. The first-order chi connectivity index (χ1) is 11.7. The molecule has 7 heteroatoms. The summed E-state index contributed by atoms with van der Waals surface area (Å²) in [5.74, 6) is 0.817. The number of aromatic nitrogens is 4. The first-order valence-corrected chi connectivity index (χ1v) is 9.75. The second-order valence-corrected chi connectivity index (χ2v) is 7.37. The molecule has 0 aliphatic rings.